The Bertz CT molecular complexity index is 755. The van der Waals surface area contributed by atoms with Crippen molar-refractivity contribution in [2.24, 2.45) is 15.5 Å². The van der Waals surface area contributed by atoms with Crippen molar-refractivity contribution in [2.45, 2.75) is 27.3 Å². The van der Waals surface area contributed by atoms with Crippen LogP contribution in [0.5, 0.6) is 0 Å². The monoisotopic (exact) mass is 395 g/mol. The van der Waals surface area contributed by atoms with Gasteiger partial charge in [-0.05, 0) is 17.7 Å². The second kappa shape index (κ2) is 8.70. The molecule has 0 aliphatic heterocycles. The van der Waals surface area contributed by atoms with E-state index in [0.29, 0.717) is 27.3 Å². The molecule has 0 unspecified atom stereocenters. The smallest absolute Gasteiger partial charge is 0.0935 e. The lowest BCUT2D eigenvalue weighted by Crippen LogP contribution is -2.23. The number of hydrogen-bond acceptors (Lipinski definition) is 3. The molecule has 0 heterocycles. The van der Waals surface area contributed by atoms with Crippen molar-refractivity contribution in [1.82, 2.24) is 0 Å². The number of rotatable bonds is 5. The predicted octanol–water partition coefficient (Wildman–Crippen LogP) is 6.73. The first kappa shape index (κ1) is 19.8. The molecular formula is C19H20Cl3N3. The lowest BCUT2D eigenvalue weighted by molar-refractivity contribution is 0.597. The number of aliphatic imine (C=N–C) groups is 1. The molecule has 2 rings (SSSR count). The summed E-state index contributed by atoms with van der Waals surface area (Å²) in [5, 5.41) is 5.76. The number of benzene rings is 2. The van der Waals surface area contributed by atoms with Crippen LogP contribution in [-0.2, 0) is 6.54 Å². The maximum absolute atomic E-state index is 6.18. The number of hydrogen-bond donors (Lipinski definition) is 1. The first-order valence-electron chi connectivity index (χ1n) is 7.80. The highest BCUT2D eigenvalue weighted by Gasteiger charge is 2.18. The molecule has 6 heteroatoms. The molecule has 0 saturated heterocycles. The molecule has 132 valence electrons. The summed E-state index contributed by atoms with van der Waals surface area (Å²) in [6, 6.07) is 13.3. The lowest BCUT2D eigenvalue weighted by Gasteiger charge is -2.18. The molecule has 1 N–H and O–H groups in total. The summed E-state index contributed by atoms with van der Waals surface area (Å²) >= 11 is 18.3. The van der Waals surface area contributed by atoms with E-state index >= 15 is 0 Å². The Balaban J connectivity index is 2.19. The molecule has 25 heavy (non-hydrogen) atoms. The zero-order chi connectivity index (χ0) is 18.4. The average molecular weight is 397 g/mol. The van der Waals surface area contributed by atoms with Gasteiger partial charge in [0.25, 0.3) is 0 Å². The summed E-state index contributed by atoms with van der Waals surface area (Å²) in [6.45, 7) is 6.78. The number of anilines is 1. The van der Waals surface area contributed by atoms with Crippen molar-refractivity contribution in [3.05, 3.63) is 63.1 Å². The van der Waals surface area contributed by atoms with E-state index < -0.39 is 0 Å². The quantitative estimate of drug-likeness (QED) is 0.441. The summed E-state index contributed by atoms with van der Waals surface area (Å²) in [5.74, 6) is 0. The molecule has 2 aromatic carbocycles. The van der Waals surface area contributed by atoms with Gasteiger partial charge in [0.2, 0.25) is 0 Å². The van der Waals surface area contributed by atoms with Gasteiger partial charge in [0.1, 0.15) is 0 Å². The minimum absolute atomic E-state index is 0.196. The van der Waals surface area contributed by atoms with Crippen molar-refractivity contribution >= 4 is 52.4 Å². The fourth-order valence-electron chi connectivity index (χ4n) is 1.98. The van der Waals surface area contributed by atoms with Crippen LogP contribution >= 0.6 is 34.8 Å². The van der Waals surface area contributed by atoms with Crippen LogP contribution in [-0.4, -0.2) is 11.9 Å². The van der Waals surface area contributed by atoms with Gasteiger partial charge in [-0.15, -0.1) is 0 Å². The molecule has 3 nitrogen and oxygen atoms in total. The van der Waals surface area contributed by atoms with Crippen molar-refractivity contribution in [3.63, 3.8) is 0 Å². The van der Waals surface area contributed by atoms with Gasteiger partial charge in [-0.1, -0.05) is 85.9 Å². The molecule has 0 spiro atoms. The molecule has 0 saturated carbocycles. The maximum Gasteiger partial charge on any atom is 0.0935 e. The first-order chi connectivity index (χ1) is 11.8. The SMILES string of the molecule is CC(C)(C)C(C=NCc1ccccc1)=NNc1c(Cl)cc(Cl)cc1Cl. The van der Waals surface area contributed by atoms with E-state index in [1.807, 2.05) is 30.3 Å². The highest BCUT2D eigenvalue weighted by Crippen LogP contribution is 2.33. The zero-order valence-corrected chi connectivity index (χ0v) is 16.6. The van der Waals surface area contributed by atoms with Crippen molar-refractivity contribution in [3.8, 4) is 0 Å². The molecule has 0 amide bonds. The molecular weight excluding hydrogens is 377 g/mol. The van der Waals surface area contributed by atoms with Gasteiger partial charge < -0.3 is 0 Å². The van der Waals surface area contributed by atoms with E-state index in [2.05, 4.69) is 36.3 Å². The average Bonchev–Trinajstić information content (AvgIpc) is 2.52. The maximum atomic E-state index is 6.18. The van der Waals surface area contributed by atoms with Crippen LogP contribution in [0.2, 0.25) is 15.1 Å². The first-order valence-corrected chi connectivity index (χ1v) is 8.93. The number of halogens is 3. The van der Waals surface area contributed by atoms with Crippen LogP contribution in [0.1, 0.15) is 26.3 Å². The minimum atomic E-state index is -0.196. The lowest BCUT2D eigenvalue weighted by atomic mass is 9.91. The van der Waals surface area contributed by atoms with Gasteiger partial charge >= 0.3 is 0 Å². The van der Waals surface area contributed by atoms with Crippen LogP contribution in [0, 0.1) is 5.41 Å². The van der Waals surface area contributed by atoms with E-state index in [9.17, 15) is 0 Å². The van der Waals surface area contributed by atoms with E-state index in [1.54, 1.807) is 18.3 Å². The Morgan fingerprint density at radius 3 is 2.20 bits per heavy atom. The van der Waals surface area contributed by atoms with Crippen molar-refractivity contribution in [2.75, 3.05) is 5.43 Å². The highest BCUT2D eigenvalue weighted by molar-refractivity contribution is 6.41. The number of hydrazone groups is 1. The Hall–Kier alpha value is -1.55. The van der Waals surface area contributed by atoms with Gasteiger partial charge in [0.05, 0.1) is 28.0 Å². The largest absolute Gasteiger partial charge is 0.286 e. The van der Waals surface area contributed by atoms with E-state index in [0.717, 1.165) is 11.3 Å². The zero-order valence-electron chi connectivity index (χ0n) is 14.4. The molecule has 0 aliphatic carbocycles. The van der Waals surface area contributed by atoms with Crippen LogP contribution in [0.25, 0.3) is 0 Å². The predicted molar refractivity (Wildman–Crippen MR) is 111 cm³/mol. The van der Waals surface area contributed by atoms with E-state index in [-0.39, 0.29) is 5.41 Å². The number of nitrogens with zero attached hydrogens (tertiary/aromatic N) is 2. The van der Waals surface area contributed by atoms with Crippen LogP contribution < -0.4 is 5.43 Å². The van der Waals surface area contributed by atoms with Crippen molar-refractivity contribution in [1.29, 1.82) is 0 Å². The summed E-state index contributed by atoms with van der Waals surface area (Å²) < 4.78 is 0. The van der Waals surface area contributed by atoms with Gasteiger partial charge in [-0.3, -0.25) is 10.4 Å². The van der Waals surface area contributed by atoms with E-state index in [1.165, 1.54) is 0 Å². The standard InChI is InChI=1S/C19H20Cl3N3/c1-19(2,3)17(12-23-11-13-7-5-4-6-8-13)24-25-18-15(21)9-14(20)10-16(18)22/h4-10,12,25H,11H2,1-3H3. The topological polar surface area (TPSA) is 36.8 Å². The molecule has 2 aromatic rings. The Morgan fingerprint density at radius 2 is 1.64 bits per heavy atom. The molecule has 0 aromatic heterocycles. The van der Waals surface area contributed by atoms with Crippen LogP contribution in [0.4, 0.5) is 5.69 Å². The molecule has 0 aliphatic rings. The molecule has 0 bridgehead atoms. The summed E-state index contributed by atoms with van der Waals surface area (Å²) in [4.78, 5) is 4.50. The van der Waals surface area contributed by atoms with Gasteiger partial charge in [-0.25, -0.2) is 0 Å². The van der Waals surface area contributed by atoms with Crippen molar-refractivity contribution < 1.29 is 0 Å². The fraction of sp³-hybridized carbons (Fsp3) is 0.263. The third-order valence-electron chi connectivity index (χ3n) is 3.39. The van der Waals surface area contributed by atoms with Crippen LogP contribution in [0.15, 0.2) is 52.6 Å². The molecule has 0 radical (unpaired) electrons. The summed E-state index contributed by atoms with van der Waals surface area (Å²) in [7, 11) is 0. The molecule has 0 fully saturated rings. The van der Waals surface area contributed by atoms with Gasteiger partial charge in [0.15, 0.2) is 0 Å². The summed E-state index contributed by atoms with van der Waals surface area (Å²) in [5.41, 5.74) is 5.19. The second-order valence-corrected chi connectivity index (χ2v) is 7.81. The van der Waals surface area contributed by atoms with Gasteiger partial charge in [0, 0.05) is 16.7 Å². The highest BCUT2D eigenvalue weighted by atomic mass is 35.5. The van der Waals surface area contributed by atoms with Crippen LogP contribution in [0.3, 0.4) is 0 Å². The Labute approximate surface area is 163 Å². The third kappa shape index (κ3) is 6.03. The fourth-order valence-corrected chi connectivity index (χ4v) is 2.88. The minimum Gasteiger partial charge on any atom is -0.286 e. The Kier molecular flexibility index (Phi) is 6.88. The van der Waals surface area contributed by atoms with E-state index in [4.69, 9.17) is 34.8 Å². The summed E-state index contributed by atoms with van der Waals surface area (Å²) in [6.07, 6.45) is 1.78. The normalized spacial score (nSPS) is 12.6. The van der Waals surface area contributed by atoms with Gasteiger partial charge in [-0.2, -0.15) is 5.10 Å². The third-order valence-corrected chi connectivity index (χ3v) is 4.21. The molecule has 0 atom stereocenters. The number of nitrogens with one attached hydrogen (secondary N) is 1. The second-order valence-electron chi connectivity index (χ2n) is 6.56. The Morgan fingerprint density at radius 1 is 1.04 bits per heavy atom.